The van der Waals surface area contributed by atoms with Gasteiger partial charge in [-0.2, -0.15) is 0 Å². The molecule has 2 aliphatic rings. The zero-order chi connectivity index (χ0) is 18.6. The van der Waals surface area contributed by atoms with Gasteiger partial charge in [-0.3, -0.25) is 14.6 Å². The molecular weight excluding hydrogens is 338 g/mol. The maximum absolute atomic E-state index is 12.6. The summed E-state index contributed by atoms with van der Waals surface area (Å²) in [7, 11) is 0. The van der Waals surface area contributed by atoms with Crippen molar-refractivity contribution >= 4 is 11.8 Å². The number of nitrogens with one attached hydrogen (secondary N) is 1. The quantitative estimate of drug-likeness (QED) is 0.908. The van der Waals surface area contributed by atoms with Crippen LogP contribution in [0.25, 0.3) is 0 Å². The Hall–Kier alpha value is -2.69. The van der Waals surface area contributed by atoms with Gasteiger partial charge in [0, 0.05) is 37.1 Å². The van der Waals surface area contributed by atoms with Crippen molar-refractivity contribution in [3.63, 3.8) is 0 Å². The molecule has 1 fully saturated rings. The van der Waals surface area contributed by atoms with Crippen LogP contribution in [0.2, 0.25) is 0 Å². The number of nitrogens with zero attached hydrogens (tertiary/aromatic N) is 2. The molecule has 2 aromatic rings. The molecule has 1 aliphatic heterocycles. The van der Waals surface area contributed by atoms with Gasteiger partial charge in [0.1, 0.15) is 0 Å². The topological polar surface area (TPSA) is 62.3 Å². The molecule has 0 saturated carbocycles. The summed E-state index contributed by atoms with van der Waals surface area (Å²) in [5.74, 6) is 0.118. The van der Waals surface area contributed by atoms with E-state index in [2.05, 4.69) is 28.5 Å². The first-order chi connectivity index (χ1) is 13.2. The number of carbonyl (C=O) groups is 2. The van der Waals surface area contributed by atoms with Crippen LogP contribution in [0.15, 0.2) is 42.7 Å². The normalized spacial score (nSPS) is 16.8. The van der Waals surface area contributed by atoms with Crippen LogP contribution >= 0.6 is 0 Å². The summed E-state index contributed by atoms with van der Waals surface area (Å²) in [4.78, 5) is 30.8. The van der Waals surface area contributed by atoms with Gasteiger partial charge in [-0.25, -0.2) is 0 Å². The van der Waals surface area contributed by atoms with Gasteiger partial charge in [0.15, 0.2) is 0 Å². The summed E-state index contributed by atoms with van der Waals surface area (Å²) in [6.45, 7) is 1.40. The molecule has 1 aromatic heterocycles. The molecule has 5 nitrogen and oxygen atoms in total. The summed E-state index contributed by atoms with van der Waals surface area (Å²) in [6.07, 6.45) is 8.85. The van der Waals surface area contributed by atoms with Gasteiger partial charge in [-0.05, 0) is 60.9 Å². The molecule has 2 heterocycles. The number of amides is 2. The molecule has 1 saturated heterocycles. The average molecular weight is 363 g/mol. The lowest BCUT2D eigenvalue weighted by atomic mass is 10.0. The second-order valence-electron chi connectivity index (χ2n) is 7.50. The van der Waals surface area contributed by atoms with E-state index in [1.165, 1.54) is 24.0 Å². The number of aromatic nitrogens is 1. The Labute approximate surface area is 159 Å². The Bertz CT molecular complexity index is 827. The fourth-order valence-corrected chi connectivity index (χ4v) is 4.07. The minimum atomic E-state index is -0.0692. The van der Waals surface area contributed by atoms with E-state index in [1.807, 2.05) is 4.90 Å². The van der Waals surface area contributed by atoms with Gasteiger partial charge in [0.25, 0.3) is 5.91 Å². The summed E-state index contributed by atoms with van der Waals surface area (Å²) in [5.41, 5.74) is 4.60. The smallest absolute Gasteiger partial charge is 0.251 e. The lowest BCUT2D eigenvalue weighted by Crippen LogP contribution is -2.47. The Morgan fingerprint density at radius 3 is 2.56 bits per heavy atom. The fraction of sp³-hybridized carbons (Fsp3) is 0.409. The number of fused-ring (bicyclic) bond motifs is 1. The van der Waals surface area contributed by atoms with E-state index >= 15 is 0 Å². The first-order valence-corrected chi connectivity index (χ1v) is 9.78. The van der Waals surface area contributed by atoms with Crippen LogP contribution < -0.4 is 5.32 Å². The molecular formula is C22H25N3O2. The number of aryl methyl sites for hydroxylation is 2. The van der Waals surface area contributed by atoms with Crippen molar-refractivity contribution in [2.75, 3.05) is 13.1 Å². The molecule has 4 rings (SSSR count). The van der Waals surface area contributed by atoms with Crippen LogP contribution in [0.5, 0.6) is 0 Å². The zero-order valence-corrected chi connectivity index (χ0v) is 15.5. The molecule has 1 aromatic carbocycles. The maximum Gasteiger partial charge on any atom is 0.251 e. The number of likely N-dealkylation sites (tertiary alicyclic amines) is 1. The number of piperidine rings is 1. The van der Waals surface area contributed by atoms with Gasteiger partial charge < -0.3 is 10.2 Å². The van der Waals surface area contributed by atoms with Crippen molar-refractivity contribution in [2.24, 2.45) is 0 Å². The number of hydrogen-bond donors (Lipinski definition) is 1. The predicted molar refractivity (Wildman–Crippen MR) is 103 cm³/mol. The lowest BCUT2D eigenvalue weighted by Gasteiger charge is -2.32. The Balaban J connectivity index is 1.27. The van der Waals surface area contributed by atoms with Crippen molar-refractivity contribution in [1.82, 2.24) is 15.2 Å². The van der Waals surface area contributed by atoms with Gasteiger partial charge in [-0.1, -0.05) is 18.2 Å². The molecule has 140 valence electrons. The Morgan fingerprint density at radius 1 is 1.04 bits per heavy atom. The fourth-order valence-electron chi connectivity index (χ4n) is 4.07. The van der Waals surface area contributed by atoms with Crippen LogP contribution in [0.1, 0.15) is 46.3 Å². The summed E-state index contributed by atoms with van der Waals surface area (Å²) in [5, 5.41) is 3.07. The van der Waals surface area contributed by atoms with E-state index in [1.54, 1.807) is 24.5 Å². The summed E-state index contributed by atoms with van der Waals surface area (Å²) < 4.78 is 0. The lowest BCUT2D eigenvalue weighted by molar-refractivity contribution is -0.131. The van der Waals surface area contributed by atoms with Gasteiger partial charge in [-0.15, -0.1) is 0 Å². The van der Waals surface area contributed by atoms with E-state index in [9.17, 15) is 9.59 Å². The second-order valence-corrected chi connectivity index (χ2v) is 7.50. The highest BCUT2D eigenvalue weighted by atomic mass is 16.2. The largest absolute Gasteiger partial charge is 0.349 e. The Kier molecular flexibility index (Phi) is 5.19. The van der Waals surface area contributed by atoms with Crippen LogP contribution in [-0.4, -0.2) is 40.8 Å². The van der Waals surface area contributed by atoms with Crippen LogP contribution in [0.4, 0.5) is 0 Å². The predicted octanol–water partition coefficient (Wildman–Crippen LogP) is 2.53. The van der Waals surface area contributed by atoms with Crippen molar-refractivity contribution in [3.8, 4) is 0 Å². The molecule has 5 heteroatoms. The summed E-state index contributed by atoms with van der Waals surface area (Å²) in [6, 6.07) is 10.0. The van der Waals surface area contributed by atoms with Crippen molar-refractivity contribution in [1.29, 1.82) is 0 Å². The van der Waals surface area contributed by atoms with Gasteiger partial charge in [0.05, 0.1) is 6.42 Å². The molecule has 2 amide bonds. The average Bonchev–Trinajstić information content (AvgIpc) is 3.17. The molecule has 27 heavy (non-hydrogen) atoms. The molecule has 0 radical (unpaired) electrons. The number of hydrogen-bond acceptors (Lipinski definition) is 3. The highest BCUT2D eigenvalue weighted by molar-refractivity contribution is 5.94. The monoisotopic (exact) mass is 363 g/mol. The number of rotatable bonds is 4. The SMILES string of the molecule is O=C(NC1CCN(C(=O)Cc2ccc3c(c2)CCC3)CC1)c1ccncc1. The van der Waals surface area contributed by atoms with E-state index in [-0.39, 0.29) is 17.9 Å². The maximum atomic E-state index is 12.6. The van der Waals surface area contributed by atoms with Crippen LogP contribution in [-0.2, 0) is 24.1 Å². The Morgan fingerprint density at radius 2 is 1.78 bits per heavy atom. The van der Waals surface area contributed by atoms with E-state index in [0.717, 1.165) is 24.8 Å². The molecule has 1 N–H and O–H groups in total. The minimum absolute atomic E-state index is 0.0692. The summed E-state index contributed by atoms with van der Waals surface area (Å²) >= 11 is 0. The molecule has 0 unspecified atom stereocenters. The molecule has 0 spiro atoms. The van der Waals surface area contributed by atoms with Crippen molar-refractivity contribution in [2.45, 2.75) is 44.6 Å². The van der Waals surface area contributed by atoms with Gasteiger partial charge in [0.2, 0.25) is 5.91 Å². The standard InChI is InChI=1S/C22H25N3O2/c26-21(15-16-4-5-17-2-1-3-19(17)14-16)25-12-8-20(9-13-25)24-22(27)18-6-10-23-11-7-18/h4-7,10-11,14,20H,1-3,8-9,12-13,15H2,(H,24,27). The van der Waals surface area contributed by atoms with Crippen LogP contribution in [0.3, 0.4) is 0 Å². The number of carbonyl (C=O) groups excluding carboxylic acids is 2. The first kappa shape index (κ1) is 17.7. The highest BCUT2D eigenvalue weighted by Gasteiger charge is 2.24. The zero-order valence-electron chi connectivity index (χ0n) is 15.5. The number of pyridine rings is 1. The minimum Gasteiger partial charge on any atom is -0.349 e. The highest BCUT2D eigenvalue weighted by Crippen LogP contribution is 2.23. The van der Waals surface area contributed by atoms with Gasteiger partial charge >= 0.3 is 0 Å². The van der Waals surface area contributed by atoms with Crippen molar-refractivity contribution in [3.05, 3.63) is 65.0 Å². The molecule has 0 bridgehead atoms. The third-order valence-corrected chi connectivity index (χ3v) is 5.64. The van der Waals surface area contributed by atoms with E-state index < -0.39 is 0 Å². The molecule has 0 atom stereocenters. The van der Waals surface area contributed by atoms with E-state index in [0.29, 0.717) is 25.1 Å². The molecule has 1 aliphatic carbocycles. The third kappa shape index (κ3) is 4.18. The number of benzene rings is 1. The van der Waals surface area contributed by atoms with Crippen molar-refractivity contribution < 1.29 is 9.59 Å². The third-order valence-electron chi connectivity index (χ3n) is 5.64. The first-order valence-electron chi connectivity index (χ1n) is 9.78. The van der Waals surface area contributed by atoms with E-state index in [4.69, 9.17) is 0 Å². The van der Waals surface area contributed by atoms with Crippen LogP contribution in [0, 0.1) is 0 Å². The second kappa shape index (κ2) is 7.91.